The monoisotopic (exact) mass is 261 g/mol. The highest BCUT2D eigenvalue weighted by molar-refractivity contribution is 5.39. The number of hydrogen-bond acceptors (Lipinski definition) is 2. The molecule has 1 atom stereocenters. The number of hydrogen-bond donors (Lipinski definition) is 1. The Morgan fingerprint density at radius 2 is 2.16 bits per heavy atom. The van der Waals surface area contributed by atoms with Crippen LogP contribution in [0, 0.1) is 5.41 Å². The number of ether oxygens (including phenoxy) is 1. The van der Waals surface area contributed by atoms with Gasteiger partial charge in [-0.05, 0) is 48.9 Å². The summed E-state index contributed by atoms with van der Waals surface area (Å²) in [5.41, 5.74) is 3.18. The fourth-order valence-corrected chi connectivity index (χ4v) is 2.88. The summed E-state index contributed by atoms with van der Waals surface area (Å²) in [6.07, 6.45) is 4.61. The van der Waals surface area contributed by atoms with E-state index in [1.165, 1.54) is 24.0 Å². The Bertz CT molecular complexity index is 425. The first-order chi connectivity index (χ1) is 9.06. The zero-order valence-electron chi connectivity index (χ0n) is 12.8. The molecule has 1 aliphatic heterocycles. The van der Waals surface area contributed by atoms with Crippen molar-refractivity contribution in [1.29, 1.82) is 0 Å². The first-order valence-corrected chi connectivity index (χ1v) is 7.48. The summed E-state index contributed by atoms with van der Waals surface area (Å²) in [5, 5.41) is 3.49. The zero-order chi connectivity index (χ0) is 13.9. The summed E-state index contributed by atoms with van der Waals surface area (Å²) in [6.45, 7) is 7.83. The Morgan fingerprint density at radius 3 is 2.84 bits per heavy atom. The van der Waals surface area contributed by atoms with Crippen molar-refractivity contribution in [3.63, 3.8) is 0 Å². The minimum absolute atomic E-state index is 0.356. The van der Waals surface area contributed by atoms with Gasteiger partial charge >= 0.3 is 0 Å². The van der Waals surface area contributed by atoms with E-state index in [9.17, 15) is 0 Å². The maximum atomic E-state index is 5.56. The summed E-state index contributed by atoms with van der Waals surface area (Å²) < 4.78 is 5.56. The maximum Gasteiger partial charge on any atom is 0.122 e. The third-order valence-electron chi connectivity index (χ3n) is 4.68. The highest BCUT2D eigenvalue weighted by Gasteiger charge is 2.26. The van der Waals surface area contributed by atoms with Gasteiger partial charge in [0.2, 0.25) is 0 Å². The van der Waals surface area contributed by atoms with E-state index in [0.717, 1.165) is 25.2 Å². The molecule has 1 aromatic carbocycles. The topological polar surface area (TPSA) is 21.3 Å². The second-order valence-corrected chi connectivity index (χ2v) is 6.26. The molecule has 2 rings (SSSR count). The van der Waals surface area contributed by atoms with Crippen LogP contribution in [0.2, 0.25) is 0 Å². The minimum Gasteiger partial charge on any atom is -0.493 e. The number of fused-ring (bicyclic) bond motifs is 1. The normalized spacial score (nSPS) is 16.0. The maximum absolute atomic E-state index is 5.56. The summed E-state index contributed by atoms with van der Waals surface area (Å²) in [7, 11) is 2.08. The van der Waals surface area contributed by atoms with Crippen LogP contribution < -0.4 is 10.1 Å². The standard InChI is InChI=1S/C17H27NO/c1-5-17(2,3)16(18-4)9-7-13-6-8-15-14(12-13)10-11-19-15/h6,8,12,16,18H,5,7,9-11H2,1-4H3. The lowest BCUT2D eigenvalue weighted by Crippen LogP contribution is -2.39. The number of rotatable bonds is 6. The van der Waals surface area contributed by atoms with Crippen LogP contribution in [-0.4, -0.2) is 19.7 Å². The Morgan fingerprint density at radius 1 is 1.37 bits per heavy atom. The Labute approximate surface area is 117 Å². The molecular formula is C17H27NO. The molecule has 0 saturated carbocycles. The molecule has 0 bridgehead atoms. The first-order valence-electron chi connectivity index (χ1n) is 7.48. The van der Waals surface area contributed by atoms with Crippen LogP contribution in [0.3, 0.4) is 0 Å². The van der Waals surface area contributed by atoms with Crippen LogP contribution in [0.5, 0.6) is 5.75 Å². The smallest absolute Gasteiger partial charge is 0.122 e. The van der Waals surface area contributed by atoms with Gasteiger partial charge in [-0.1, -0.05) is 32.9 Å². The van der Waals surface area contributed by atoms with E-state index < -0.39 is 0 Å². The summed E-state index contributed by atoms with van der Waals surface area (Å²) in [6, 6.07) is 7.25. The van der Waals surface area contributed by atoms with Gasteiger partial charge in [-0.2, -0.15) is 0 Å². The van der Waals surface area contributed by atoms with E-state index >= 15 is 0 Å². The molecule has 0 spiro atoms. The van der Waals surface area contributed by atoms with Gasteiger partial charge in [-0.25, -0.2) is 0 Å². The number of nitrogens with one attached hydrogen (secondary N) is 1. The van der Waals surface area contributed by atoms with E-state index in [2.05, 4.69) is 51.3 Å². The predicted octanol–water partition coefficient (Wildman–Crippen LogP) is 3.58. The average Bonchev–Trinajstić information content (AvgIpc) is 2.86. The molecule has 1 unspecified atom stereocenters. The minimum atomic E-state index is 0.356. The number of benzene rings is 1. The van der Waals surface area contributed by atoms with Gasteiger partial charge in [0.25, 0.3) is 0 Å². The molecule has 19 heavy (non-hydrogen) atoms. The van der Waals surface area contributed by atoms with Gasteiger partial charge < -0.3 is 10.1 Å². The van der Waals surface area contributed by atoms with Crippen molar-refractivity contribution < 1.29 is 4.74 Å². The predicted molar refractivity (Wildman–Crippen MR) is 80.9 cm³/mol. The lowest BCUT2D eigenvalue weighted by molar-refractivity contribution is 0.231. The lowest BCUT2D eigenvalue weighted by atomic mass is 9.79. The van der Waals surface area contributed by atoms with Crippen LogP contribution in [0.25, 0.3) is 0 Å². The van der Waals surface area contributed by atoms with Crippen molar-refractivity contribution in [2.75, 3.05) is 13.7 Å². The molecular weight excluding hydrogens is 234 g/mol. The fourth-order valence-electron chi connectivity index (χ4n) is 2.88. The van der Waals surface area contributed by atoms with Gasteiger partial charge in [-0.3, -0.25) is 0 Å². The third-order valence-corrected chi connectivity index (χ3v) is 4.68. The van der Waals surface area contributed by atoms with Gasteiger partial charge in [0.05, 0.1) is 6.61 Å². The Balaban J connectivity index is 1.98. The molecule has 0 amide bonds. The molecule has 2 heteroatoms. The highest BCUT2D eigenvalue weighted by atomic mass is 16.5. The third kappa shape index (κ3) is 3.30. The van der Waals surface area contributed by atoms with Crippen molar-refractivity contribution in [1.82, 2.24) is 5.32 Å². The number of aryl methyl sites for hydroxylation is 1. The van der Waals surface area contributed by atoms with Crippen LogP contribution in [-0.2, 0) is 12.8 Å². The second kappa shape index (κ2) is 5.96. The summed E-state index contributed by atoms with van der Waals surface area (Å²) in [4.78, 5) is 0. The van der Waals surface area contributed by atoms with Crippen molar-refractivity contribution in [3.8, 4) is 5.75 Å². The lowest BCUT2D eigenvalue weighted by Gasteiger charge is -2.33. The quantitative estimate of drug-likeness (QED) is 0.845. The van der Waals surface area contributed by atoms with Crippen molar-refractivity contribution >= 4 is 0 Å². The second-order valence-electron chi connectivity index (χ2n) is 6.26. The molecule has 1 heterocycles. The van der Waals surface area contributed by atoms with E-state index in [1.807, 2.05) is 0 Å². The SMILES string of the molecule is CCC(C)(C)C(CCc1ccc2c(c1)CCO2)NC. The Hall–Kier alpha value is -1.02. The van der Waals surface area contributed by atoms with Gasteiger partial charge in [0.1, 0.15) is 5.75 Å². The average molecular weight is 261 g/mol. The van der Waals surface area contributed by atoms with Crippen LogP contribution in [0.4, 0.5) is 0 Å². The van der Waals surface area contributed by atoms with Crippen molar-refractivity contribution in [2.24, 2.45) is 5.41 Å². The largest absolute Gasteiger partial charge is 0.493 e. The van der Waals surface area contributed by atoms with Gasteiger partial charge in [-0.15, -0.1) is 0 Å². The van der Waals surface area contributed by atoms with Gasteiger partial charge in [0.15, 0.2) is 0 Å². The molecule has 0 aliphatic carbocycles. The van der Waals surface area contributed by atoms with Gasteiger partial charge in [0, 0.05) is 12.5 Å². The van der Waals surface area contributed by atoms with Crippen molar-refractivity contribution in [3.05, 3.63) is 29.3 Å². The fraction of sp³-hybridized carbons (Fsp3) is 0.647. The molecule has 0 radical (unpaired) electrons. The molecule has 0 fully saturated rings. The van der Waals surface area contributed by atoms with E-state index in [-0.39, 0.29) is 0 Å². The van der Waals surface area contributed by atoms with E-state index in [1.54, 1.807) is 0 Å². The van der Waals surface area contributed by atoms with Crippen LogP contribution in [0.15, 0.2) is 18.2 Å². The highest BCUT2D eigenvalue weighted by Crippen LogP contribution is 2.29. The molecule has 0 aromatic heterocycles. The molecule has 2 nitrogen and oxygen atoms in total. The molecule has 0 saturated heterocycles. The molecule has 1 aliphatic rings. The molecule has 106 valence electrons. The zero-order valence-corrected chi connectivity index (χ0v) is 12.8. The summed E-state index contributed by atoms with van der Waals surface area (Å²) in [5.74, 6) is 1.09. The van der Waals surface area contributed by atoms with Crippen molar-refractivity contribution in [2.45, 2.75) is 52.5 Å². The van der Waals surface area contributed by atoms with E-state index in [0.29, 0.717) is 11.5 Å². The summed E-state index contributed by atoms with van der Waals surface area (Å²) >= 11 is 0. The molecule has 1 N–H and O–H groups in total. The van der Waals surface area contributed by atoms with Crippen LogP contribution in [0.1, 0.15) is 44.7 Å². The first kappa shape index (κ1) is 14.4. The Kier molecular flexibility index (Phi) is 4.51. The van der Waals surface area contributed by atoms with Crippen LogP contribution >= 0.6 is 0 Å². The molecule has 1 aromatic rings. The van der Waals surface area contributed by atoms with E-state index in [4.69, 9.17) is 4.74 Å².